The first-order chi connectivity index (χ1) is 10.2. The van der Waals surface area contributed by atoms with Crippen LogP contribution in [0.4, 0.5) is 0 Å². The van der Waals surface area contributed by atoms with E-state index < -0.39 is 0 Å². The van der Waals surface area contributed by atoms with Crippen LogP contribution in [0.5, 0.6) is 11.5 Å². The van der Waals surface area contributed by atoms with Gasteiger partial charge in [0.05, 0.1) is 18.2 Å². The summed E-state index contributed by atoms with van der Waals surface area (Å²) in [6.07, 6.45) is 1.73. The molecule has 3 rings (SSSR count). The molecule has 21 heavy (non-hydrogen) atoms. The number of hydrogen-bond acceptors (Lipinski definition) is 3. The van der Waals surface area contributed by atoms with Crippen LogP contribution in [0.2, 0.25) is 5.02 Å². The minimum atomic E-state index is -0.157. The van der Waals surface area contributed by atoms with Gasteiger partial charge in [0.15, 0.2) is 0 Å². The Balaban J connectivity index is 1.82. The number of nitrogens with two attached hydrogens (primary N) is 1. The first-order valence-corrected chi connectivity index (χ1v) is 7.40. The van der Waals surface area contributed by atoms with E-state index in [1.54, 1.807) is 7.11 Å². The first kappa shape index (κ1) is 14.2. The van der Waals surface area contributed by atoms with Crippen LogP contribution >= 0.6 is 11.6 Å². The van der Waals surface area contributed by atoms with Gasteiger partial charge in [0.1, 0.15) is 17.6 Å². The molecule has 1 aliphatic rings. The maximum Gasteiger partial charge on any atom is 0.138 e. The van der Waals surface area contributed by atoms with Gasteiger partial charge >= 0.3 is 0 Å². The summed E-state index contributed by atoms with van der Waals surface area (Å²) < 4.78 is 11.3. The van der Waals surface area contributed by atoms with E-state index in [0.29, 0.717) is 10.8 Å². The molecule has 0 spiro atoms. The summed E-state index contributed by atoms with van der Waals surface area (Å²) in [5, 5.41) is 0.616. The summed E-state index contributed by atoms with van der Waals surface area (Å²) in [4.78, 5) is 0. The van der Waals surface area contributed by atoms with Crippen LogP contribution in [0.25, 0.3) is 0 Å². The van der Waals surface area contributed by atoms with Gasteiger partial charge < -0.3 is 15.2 Å². The van der Waals surface area contributed by atoms with Crippen LogP contribution in [0, 0.1) is 0 Å². The molecule has 2 unspecified atom stereocenters. The zero-order valence-corrected chi connectivity index (χ0v) is 12.6. The van der Waals surface area contributed by atoms with E-state index in [2.05, 4.69) is 6.07 Å². The zero-order valence-electron chi connectivity index (χ0n) is 11.9. The summed E-state index contributed by atoms with van der Waals surface area (Å²) in [6, 6.07) is 13.4. The molecule has 110 valence electrons. The van der Waals surface area contributed by atoms with Crippen LogP contribution in [0.15, 0.2) is 42.5 Å². The number of aryl methyl sites for hydroxylation is 1. The van der Waals surface area contributed by atoms with Crippen LogP contribution in [0.1, 0.15) is 23.6 Å². The fourth-order valence-electron chi connectivity index (χ4n) is 2.76. The molecule has 2 atom stereocenters. The van der Waals surface area contributed by atoms with Crippen molar-refractivity contribution in [2.45, 2.75) is 25.0 Å². The number of methoxy groups -OCH3 is 1. The average molecular weight is 304 g/mol. The number of hydrogen-bond donors (Lipinski definition) is 1. The number of ether oxygens (including phenoxy) is 2. The molecule has 2 N–H and O–H groups in total. The van der Waals surface area contributed by atoms with Crippen molar-refractivity contribution in [3.05, 3.63) is 58.6 Å². The van der Waals surface area contributed by atoms with E-state index in [0.717, 1.165) is 24.2 Å². The van der Waals surface area contributed by atoms with E-state index in [1.807, 2.05) is 36.4 Å². The molecule has 3 nitrogen and oxygen atoms in total. The fraction of sp³-hybridized carbons (Fsp3) is 0.294. The molecule has 0 saturated carbocycles. The van der Waals surface area contributed by atoms with Gasteiger partial charge in [0.25, 0.3) is 0 Å². The van der Waals surface area contributed by atoms with Crippen molar-refractivity contribution in [3.8, 4) is 11.5 Å². The van der Waals surface area contributed by atoms with Gasteiger partial charge in [-0.1, -0.05) is 29.8 Å². The molecule has 4 heteroatoms. The number of fused-ring (bicyclic) bond motifs is 1. The lowest BCUT2D eigenvalue weighted by molar-refractivity contribution is 0.153. The van der Waals surface area contributed by atoms with E-state index in [-0.39, 0.29) is 12.1 Å². The summed E-state index contributed by atoms with van der Waals surface area (Å²) in [7, 11) is 1.67. The summed E-state index contributed by atoms with van der Waals surface area (Å²) in [6.45, 7) is 0. The maximum absolute atomic E-state index is 6.37. The largest absolute Gasteiger partial charge is 0.497 e. The normalized spacial score (nSPS) is 20.7. The second-order valence-electron chi connectivity index (χ2n) is 5.22. The molecule has 0 bridgehead atoms. The lowest BCUT2D eigenvalue weighted by Crippen LogP contribution is -2.35. The Morgan fingerprint density at radius 3 is 2.76 bits per heavy atom. The summed E-state index contributed by atoms with van der Waals surface area (Å²) in [5.74, 6) is 1.56. The molecule has 1 aliphatic carbocycles. The topological polar surface area (TPSA) is 44.5 Å². The third kappa shape index (κ3) is 2.85. The second kappa shape index (κ2) is 5.96. The van der Waals surface area contributed by atoms with Gasteiger partial charge in [0.2, 0.25) is 0 Å². The molecule has 0 saturated heterocycles. The minimum Gasteiger partial charge on any atom is -0.497 e. The molecular formula is C17H18ClNO2. The third-order valence-corrected chi connectivity index (χ3v) is 4.24. The summed E-state index contributed by atoms with van der Waals surface area (Å²) in [5.41, 5.74) is 8.73. The predicted octanol–water partition coefficient (Wildman–Crippen LogP) is 3.74. The van der Waals surface area contributed by atoms with Gasteiger partial charge in [-0.25, -0.2) is 0 Å². The second-order valence-corrected chi connectivity index (χ2v) is 5.62. The molecule has 0 heterocycles. The average Bonchev–Trinajstić information content (AvgIpc) is 2.51. The number of benzene rings is 2. The van der Waals surface area contributed by atoms with Crippen LogP contribution in [-0.4, -0.2) is 13.2 Å². The Morgan fingerprint density at radius 2 is 2.00 bits per heavy atom. The van der Waals surface area contributed by atoms with Crippen molar-refractivity contribution in [1.29, 1.82) is 0 Å². The Labute approximate surface area is 129 Å². The van der Waals surface area contributed by atoms with Gasteiger partial charge in [-0.15, -0.1) is 0 Å². The standard InChI is InChI=1S/C17H18ClNO2/c1-20-12-7-8-13-11(10-12)6-9-16(17(13)19)21-15-5-3-2-4-14(15)18/h2-5,7-8,10,16-17H,6,9,19H2,1H3. The first-order valence-electron chi connectivity index (χ1n) is 7.02. The molecule has 0 aromatic heterocycles. The minimum absolute atomic E-state index is 0.0641. The quantitative estimate of drug-likeness (QED) is 0.939. The molecule has 2 aromatic rings. The lowest BCUT2D eigenvalue weighted by Gasteiger charge is -2.31. The van der Waals surface area contributed by atoms with Gasteiger partial charge in [-0.2, -0.15) is 0 Å². The van der Waals surface area contributed by atoms with Crippen molar-refractivity contribution in [1.82, 2.24) is 0 Å². The van der Waals surface area contributed by atoms with E-state index >= 15 is 0 Å². The fourth-order valence-corrected chi connectivity index (χ4v) is 2.94. The Bertz CT molecular complexity index is 644. The van der Waals surface area contributed by atoms with E-state index in [9.17, 15) is 0 Å². The van der Waals surface area contributed by atoms with Crippen LogP contribution in [-0.2, 0) is 6.42 Å². The van der Waals surface area contributed by atoms with Gasteiger partial charge in [-0.05, 0) is 48.2 Å². The van der Waals surface area contributed by atoms with Crippen molar-refractivity contribution in [2.75, 3.05) is 7.11 Å². The highest BCUT2D eigenvalue weighted by molar-refractivity contribution is 6.32. The highest BCUT2D eigenvalue weighted by Crippen LogP contribution is 2.34. The van der Waals surface area contributed by atoms with Crippen LogP contribution in [0.3, 0.4) is 0 Å². The molecule has 0 fully saturated rings. The van der Waals surface area contributed by atoms with Crippen molar-refractivity contribution < 1.29 is 9.47 Å². The molecule has 2 aromatic carbocycles. The summed E-state index contributed by atoms with van der Waals surface area (Å²) >= 11 is 6.15. The van der Waals surface area contributed by atoms with Gasteiger partial charge in [-0.3, -0.25) is 0 Å². The molecule has 0 aliphatic heterocycles. The Hall–Kier alpha value is -1.71. The van der Waals surface area contributed by atoms with E-state index in [1.165, 1.54) is 5.56 Å². The smallest absolute Gasteiger partial charge is 0.138 e. The Morgan fingerprint density at radius 1 is 1.19 bits per heavy atom. The lowest BCUT2D eigenvalue weighted by atomic mass is 9.86. The van der Waals surface area contributed by atoms with Crippen LogP contribution < -0.4 is 15.2 Å². The van der Waals surface area contributed by atoms with E-state index in [4.69, 9.17) is 26.8 Å². The zero-order chi connectivity index (χ0) is 14.8. The predicted molar refractivity (Wildman–Crippen MR) is 84.1 cm³/mol. The number of halogens is 1. The number of rotatable bonds is 3. The highest BCUT2D eigenvalue weighted by Gasteiger charge is 2.29. The molecule has 0 amide bonds. The SMILES string of the molecule is COc1ccc2c(c1)CCC(Oc1ccccc1Cl)C2N. The maximum atomic E-state index is 6.37. The third-order valence-electron chi connectivity index (χ3n) is 3.92. The molecule has 0 radical (unpaired) electrons. The molecular weight excluding hydrogens is 286 g/mol. The number of para-hydroxylation sites is 1. The highest BCUT2D eigenvalue weighted by atomic mass is 35.5. The van der Waals surface area contributed by atoms with Crippen molar-refractivity contribution in [3.63, 3.8) is 0 Å². The van der Waals surface area contributed by atoms with Crippen molar-refractivity contribution in [2.24, 2.45) is 5.73 Å². The monoisotopic (exact) mass is 303 g/mol. The van der Waals surface area contributed by atoms with Crippen molar-refractivity contribution >= 4 is 11.6 Å². The Kier molecular flexibility index (Phi) is 4.04. The van der Waals surface area contributed by atoms with Gasteiger partial charge in [0, 0.05) is 0 Å².